The lowest BCUT2D eigenvalue weighted by Crippen LogP contribution is -1.95. The van der Waals surface area contributed by atoms with Crippen molar-refractivity contribution in [3.63, 3.8) is 0 Å². The molecule has 106 valence electrons. The number of hydrogen-bond acceptors (Lipinski definition) is 4. The van der Waals surface area contributed by atoms with Gasteiger partial charge in [-0.15, -0.1) is 0 Å². The molecule has 2 aromatic rings. The monoisotopic (exact) mass is 312 g/mol. The first-order chi connectivity index (χ1) is 9.61. The molecule has 0 aromatic heterocycles. The minimum atomic E-state index is -3.38. The Labute approximate surface area is 121 Å². The van der Waals surface area contributed by atoms with Gasteiger partial charge in [-0.2, -0.15) is 0 Å². The van der Waals surface area contributed by atoms with Gasteiger partial charge in [0.05, 0.1) is 6.61 Å². The Kier molecular flexibility index (Phi) is 5.24. The van der Waals surface area contributed by atoms with Crippen LogP contribution in [0, 0.1) is 5.82 Å². The molecule has 2 rings (SSSR count). The van der Waals surface area contributed by atoms with Crippen molar-refractivity contribution in [2.75, 3.05) is 6.61 Å². The number of halogens is 1. The molecule has 0 spiro atoms. The van der Waals surface area contributed by atoms with Crippen molar-refractivity contribution in [2.45, 2.75) is 11.8 Å². The van der Waals surface area contributed by atoms with Crippen molar-refractivity contribution in [3.05, 3.63) is 60.4 Å². The van der Waals surface area contributed by atoms with Crippen LogP contribution in [0.2, 0.25) is 0 Å². The van der Waals surface area contributed by atoms with Gasteiger partial charge in [-0.3, -0.25) is 4.52 Å². The SMILES string of the molecule is CCOP(=O)(Oc1ccccc1)Sc1ccc(F)cc1. The number of rotatable bonds is 6. The van der Waals surface area contributed by atoms with Gasteiger partial charge in [0, 0.05) is 16.3 Å². The van der Waals surface area contributed by atoms with Crippen molar-refractivity contribution in [1.29, 1.82) is 0 Å². The van der Waals surface area contributed by atoms with Crippen LogP contribution in [0.25, 0.3) is 0 Å². The molecule has 0 radical (unpaired) electrons. The second-order valence-electron chi connectivity index (χ2n) is 3.81. The van der Waals surface area contributed by atoms with Crippen LogP contribution < -0.4 is 4.52 Å². The molecule has 0 fully saturated rings. The van der Waals surface area contributed by atoms with E-state index >= 15 is 0 Å². The van der Waals surface area contributed by atoms with E-state index in [1.54, 1.807) is 43.3 Å². The highest BCUT2D eigenvalue weighted by atomic mass is 32.7. The summed E-state index contributed by atoms with van der Waals surface area (Å²) < 4.78 is 36.3. The third-order valence-electron chi connectivity index (χ3n) is 2.28. The fourth-order valence-corrected chi connectivity index (χ4v) is 4.80. The molecule has 2 aromatic carbocycles. The topological polar surface area (TPSA) is 35.5 Å². The van der Waals surface area contributed by atoms with Crippen LogP contribution in [0.4, 0.5) is 4.39 Å². The van der Waals surface area contributed by atoms with E-state index in [2.05, 4.69) is 0 Å². The minimum Gasteiger partial charge on any atom is -0.417 e. The number of para-hydroxylation sites is 1. The first-order valence-electron chi connectivity index (χ1n) is 6.06. The fraction of sp³-hybridized carbons (Fsp3) is 0.143. The average molecular weight is 312 g/mol. The summed E-state index contributed by atoms with van der Waals surface area (Å²) in [6.07, 6.45) is 0. The van der Waals surface area contributed by atoms with Crippen LogP contribution in [0.1, 0.15) is 6.92 Å². The summed E-state index contributed by atoms with van der Waals surface area (Å²) in [5.74, 6) is 0.128. The van der Waals surface area contributed by atoms with E-state index < -0.39 is 6.80 Å². The lowest BCUT2D eigenvalue weighted by Gasteiger charge is -2.17. The molecule has 0 aliphatic carbocycles. The third kappa shape index (κ3) is 4.37. The standard InChI is InChI=1S/C14H14FO3PS/c1-2-17-19(16,18-13-6-4-3-5-7-13)20-14-10-8-12(15)9-11-14/h3-11H,2H2,1H3. The summed E-state index contributed by atoms with van der Waals surface area (Å²) in [4.78, 5) is 0.624. The molecule has 3 nitrogen and oxygen atoms in total. The molecule has 0 saturated heterocycles. The van der Waals surface area contributed by atoms with Crippen LogP contribution in [-0.2, 0) is 9.09 Å². The molecule has 0 aliphatic heterocycles. The number of hydrogen-bond donors (Lipinski definition) is 0. The van der Waals surface area contributed by atoms with Crippen molar-refractivity contribution >= 4 is 18.2 Å². The Morgan fingerprint density at radius 1 is 1.10 bits per heavy atom. The fourth-order valence-electron chi connectivity index (χ4n) is 1.46. The third-order valence-corrected chi connectivity index (χ3v) is 5.84. The normalized spacial score (nSPS) is 13.7. The summed E-state index contributed by atoms with van der Waals surface area (Å²) in [6.45, 7) is -1.38. The van der Waals surface area contributed by atoms with E-state index in [1.807, 2.05) is 6.07 Å². The maximum Gasteiger partial charge on any atom is 0.444 e. The van der Waals surface area contributed by atoms with Gasteiger partial charge in [-0.1, -0.05) is 18.2 Å². The molecule has 1 atom stereocenters. The van der Waals surface area contributed by atoms with E-state index in [1.165, 1.54) is 12.1 Å². The molecule has 0 amide bonds. The van der Waals surface area contributed by atoms with E-state index in [4.69, 9.17) is 9.05 Å². The summed E-state index contributed by atoms with van der Waals surface area (Å²) in [7, 11) is 0. The highest BCUT2D eigenvalue weighted by Gasteiger charge is 2.28. The Morgan fingerprint density at radius 3 is 2.35 bits per heavy atom. The van der Waals surface area contributed by atoms with Gasteiger partial charge in [0.15, 0.2) is 0 Å². The maximum atomic E-state index is 12.9. The van der Waals surface area contributed by atoms with Gasteiger partial charge in [0.2, 0.25) is 0 Å². The lowest BCUT2D eigenvalue weighted by atomic mass is 10.3. The highest BCUT2D eigenvalue weighted by Crippen LogP contribution is 2.62. The largest absolute Gasteiger partial charge is 0.444 e. The molecule has 20 heavy (non-hydrogen) atoms. The van der Waals surface area contributed by atoms with Crippen LogP contribution in [-0.4, -0.2) is 6.61 Å². The predicted molar refractivity (Wildman–Crippen MR) is 78.6 cm³/mol. The van der Waals surface area contributed by atoms with E-state index in [0.29, 0.717) is 10.6 Å². The second kappa shape index (κ2) is 6.93. The second-order valence-corrected chi connectivity index (χ2v) is 7.69. The van der Waals surface area contributed by atoms with Gasteiger partial charge in [-0.05, 0) is 43.3 Å². The smallest absolute Gasteiger partial charge is 0.417 e. The molecule has 0 bridgehead atoms. The Bertz CT molecular complexity index is 589. The predicted octanol–water partition coefficient (Wildman–Crippen LogP) is 5.14. The molecular formula is C14H14FO3PS. The van der Waals surface area contributed by atoms with Crippen LogP contribution in [0.3, 0.4) is 0 Å². The number of benzene rings is 2. The molecule has 0 aliphatic rings. The van der Waals surface area contributed by atoms with Crippen molar-refractivity contribution in [1.82, 2.24) is 0 Å². The molecule has 0 saturated carbocycles. The quantitative estimate of drug-likeness (QED) is 0.692. The van der Waals surface area contributed by atoms with Gasteiger partial charge >= 0.3 is 6.80 Å². The zero-order valence-corrected chi connectivity index (χ0v) is 12.6. The van der Waals surface area contributed by atoms with E-state index in [9.17, 15) is 8.96 Å². The summed E-state index contributed by atoms with van der Waals surface area (Å²) in [5, 5.41) is 0. The van der Waals surface area contributed by atoms with E-state index in [-0.39, 0.29) is 12.4 Å². The zero-order valence-electron chi connectivity index (χ0n) is 10.9. The Hall–Kier alpha value is -1.29. The molecule has 1 unspecified atom stereocenters. The lowest BCUT2D eigenvalue weighted by molar-refractivity contribution is 0.296. The molecular weight excluding hydrogens is 298 g/mol. The van der Waals surface area contributed by atoms with E-state index in [0.717, 1.165) is 11.4 Å². The molecule has 6 heteroatoms. The van der Waals surface area contributed by atoms with Crippen LogP contribution in [0.15, 0.2) is 59.5 Å². The maximum absolute atomic E-state index is 12.9. The summed E-state index contributed by atoms with van der Waals surface area (Å²) in [5.41, 5.74) is 0. The molecule has 0 heterocycles. The Morgan fingerprint density at radius 2 is 1.75 bits per heavy atom. The summed E-state index contributed by atoms with van der Waals surface area (Å²) >= 11 is 0.964. The zero-order chi connectivity index (χ0) is 14.4. The summed E-state index contributed by atoms with van der Waals surface area (Å²) in [6, 6.07) is 14.5. The van der Waals surface area contributed by atoms with Crippen LogP contribution >= 0.6 is 18.2 Å². The van der Waals surface area contributed by atoms with Crippen LogP contribution in [0.5, 0.6) is 5.75 Å². The van der Waals surface area contributed by atoms with Crippen molar-refractivity contribution < 1.29 is 18.0 Å². The van der Waals surface area contributed by atoms with Gasteiger partial charge in [0.1, 0.15) is 11.6 Å². The average Bonchev–Trinajstić information content (AvgIpc) is 2.42. The van der Waals surface area contributed by atoms with Crippen molar-refractivity contribution in [3.8, 4) is 5.75 Å². The first-order valence-corrected chi connectivity index (χ1v) is 9.02. The van der Waals surface area contributed by atoms with Crippen molar-refractivity contribution in [2.24, 2.45) is 0 Å². The first kappa shape index (κ1) is 15.1. The Balaban J connectivity index is 2.16. The van der Waals surface area contributed by atoms with Gasteiger partial charge in [0.25, 0.3) is 0 Å². The van der Waals surface area contributed by atoms with Gasteiger partial charge < -0.3 is 4.52 Å². The minimum absolute atomic E-state index is 0.262. The van der Waals surface area contributed by atoms with Gasteiger partial charge in [-0.25, -0.2) is 8.96 Å². The highest BCUT2D eigenvalue weighted by molar-refractivity contribution is 8.55. The molecule has 0 N–H and O–H groups in total.